The summed E-state index contributed by atoms with van der Waals surface area (Å²) in [4.78, 5) is 11.9. The van der Waals surface area contributed by atoms with E-state index in [0.717, 1.165) is 19.3 Å². The molecule has 2 aliphatic rings. The van der Waals surface area contributed by atoms with E-state index < -0.39 is 0 Å². The molecule has 0 aliphatic heterocycles. The quantitative estimate of drug-likeness (QED) is 0.704. The van der Waals surface area contributed by atoms with Gasteiger partial charge >= 0.3 is 6.03 Å². The number of amides is 2. The summed E-state index contributed by atoms with van der Waals surface area (Å²) < 4.78 is 5.54. The highest BCUT2D eigenvalue weighted by atomic mass is 16.5. The first-order valence-corrected chi connectivity index (χ1v) is 6.99. The van der Waals surface area contributed by atoms with E-state index in [1.54, 1.807) is 7.11 Å². The molecule has 2 rings (SSSR count). The number of hydrogen-bond acceptors (Lipinski definition) is 3. The van der Waals surface area contributed by atoms with Crippen LogP contribution in [0.4, 0.5) is 4.79 Å². The van der Waals surface area contributed by atoms with E-state index in [-0.39, 0.29) is 35.1 Å². The molecule has 19 heavy (non-hydrogen) atoms. The van der Waals surface area contributed by atoms with Gasteiger partial charge in [0, 0.05) is 30.5 Å². The number of carbonyl (C=O) groups is 1. The van der Waals surface area contributed by atoms with Gasteiger partial charge in [0.05, 0.1) is 12.2 Å². The Kier molecular flexibility index (Phi) is 3.56. The molecule has 5 nitrogen and oxygen atoms in total. The van der Waals surface area contributed by atoms with Gasteiger partial charge in [-0.05, 0) is 26.2 Å². The van der Waals surface area contributed by atoms with Gasteiger partial charge in [-0.25, -0.2) is 4.79 Å². The number of nitrogens with one attached hydrogen (secondary N) is 2. The van der Waals surface area contributed by atoms with Gasteiger partial charge in [0.1, 0.15) is 0 Å². The van der Waals surface area contributed by atoms with Gasteiger partial charge in [0.2, 0.25) is 0 Å². The monoisotopic (exact) mass is 270 g/mol. The van der Waals surface area contributed by atoms with E-state index in [4.69, 9.17) is 4.74 Å². The van der Waals surface area contributed by atoms with Crippen molar-refractivity contribution < 1.29 is 14.6 Å². The fourth-order valence-electron chi connectivity index (χ4n) is 2.77. The van der Waals surface area contributed by atoms with Crippen LogP contribution in [0, 0.1) is 10.8 Å². The number of carbonyl (C=O) groups excluding carboxylic acids is 1. The Hall–Kier alpha value is -0.810. The van der Waals surface area contributed by atoms with E-state index in [2.05, 4.69) is 31.4 Å². The third kappa shape index (κ3) is 2.46. The van der Waals surface area contributed by atoms with Gasteiger partial charge in [-0.3, -0.25) is 0 Å². The van der Waals surface area contributed by atoms with Gasteiger partial charge in [0.15, 0.2) is 0 Å². The van der Waals surface area contributed by atoms with E-state index in [9.17, 15) is 9.90 Å². The third-order valence-electron chi connectivity index (χ3n) is 5.50. The van der Waals surface area contributed by atoms with Crippen molar-refractivity contribution in [2.24, 2.45) is 10.8 Å². The summed E-state index contributed by atoms with van der Waals surface area (Å²) in [5, 5.41) is 15.1. The van der Waals surface area contributed by atoms with E-state index in [1.807, 2.05) is 0 Å². The topological polar surface area (TPSA) is 70.6 Å². The van der Waals surface area contributed by atoms with Crippen molar-refractivity contribution >= 4 is 6.03 Å². The molecule has 0 saturated heterocycles. The number of aliphatic hydroxyl groups excluding tert-OH is 1. The number of urea groups is 1. The lowest BCUT2D eigenvalue weighted by Gasteiger charge is -2.59. The molecule has 2 saturated carbocycles. The largest absolute Gasteiger partial charge is 0.396 e. The molecule has 2 unspecified atom stereocenters. The second kappa shape index (κ2) is 4.63. The van der Waals surface area contributed by atoms with Crippen LogP contribution in [0.25, 0.3) is 0 Å². The molecule has 0 bridgehead atoms. The van der Waals surface area contributed by atoms with Gasteiger partial charge in [-0.1, -0.05) is 13.8 Å². The highest BCUT2D eigenvalue weighted by Gasteiger charge is 2.58. The second-order valence-electron chi connectivity index (χ2n) is 6.90. The minimum atomic E-state index is -0.173. The SMILES string of the molecule is COC1(C)CC(NC(=O)NCC2(CO)CC2)C1(C)C. The molecule has 0 spiro atoms. The Balaban J connectivity index is 1.78. The average Bonchev–Trinajstić information content (AvgIpc) is 3.16. The number of ether oxygens (including phenoxy) is 1. The highest BCUT2D eigenvalue weighted by Crippen LogP contribution is 2.51. The van der Waals surface area contributed by atoms with Crippen molar-refractivity contribution in [3.05, 3.63) is 0 Å². The molecule has 2 atom stereocenters. The maximum Gasteiger partial charge on any atom is 0.315 e. The maximum absolute atomic E-state index is 11.9. The molecule has 5 heteroatoms. The number of rotatable bonds is 5. The highest BCUT2D eigenvalue weighted by molar-refractivity contribution is 5.74. The summed E-state index contributed by atoms with van der Waals surface area (Å²) in [5.41, 5.74) is -0.297. The summed E-state index contributed by atoms with van der Waals surface area (Å²) >= 11 is 0. The minimum absolute atomic E-state index is 0.0481. The molecular formula is C14H26N2O3. The van der Waals surface area contributed by atoms with Crippen LogP contribution < -0.4 is 10.6 Å². The summed E-state index contributed by atoms with van der Waals surface area (Å²) in [6.07, 6.45) is 2.83. The molecule has 0 aromatic heterocycles. The zero-order chi connectivity index (χ0) is 14.3. The van der Waals surface area contributed by atoms with Crippen molar-refractivity contribution in [1.82, 2.24) is 10.6 Å². The first-order chi connectivity index (χ1) is 8.78. The predicted octanol–water partition coefficient (Wildman–Crippen LogP) is 1.26. The zero-order valence-electron chi connectivity index (χ0n) is 12.4. The summed E-state index contributed by atoms with van der Waals surface area (Å²) in [7, 11) is 1.72. The van der Waals surface area contributed by atoms with Crippen LogP contribution >= 0.6 is 0 Å². The van der Waals surface area contributed by atoms with Crippen LogP contribution in [-0.2, 0) is 4.74 Å². The van der Waals surface area contributed by atoms with Gasteiger partial charge in [-0.2, -0.15) is 0 Å². The molecule has 0 aromatic carbocycles. The maximum atomic E-state index is 11.9. The van der Waals surface area contributed by atoms with Crippen LogP contribution in [-0.4, -0.2) is 43.0 Å². The summed E-state index contributed by atoms with van der Waals surface area (Å²) in [6.45, 7) is 7.02. The standard InChI is InChI=1S/C14H26N2O3/c1-12(2)10(7-13(12,3)19-4)16-11(18)15-8-14(9-17)5-6-14/h10,17H,5-9H2,1-4H3,(H2,15,16,18). The average molecular weight is 270 g/mol. The molecule has 0 radical (unpaired) electrons. The van der Waals surface area contributed by atoms with Gasteiger partial charge in [-0.15, -0.1) is 0 Å². The van der Waals surface area contributed by atoms with Crippen LogP contribution in [0.2, 0.25) is 0 Å². The van der Waals surface area contributed by atoms with Crippen molar-refractivity contribution in [1.29, 1.82) is 0 Å². The Bertz CT molecular complexity index is 366. The Morgan fingerprint density at radius 2 is 2.00 bits per heavy atom. The molecule has 0 heterocycles. The second-order valence-corrected chi connectivity index (χ2v) is 6.90. The lowest BCUT2D eigenvalue weighted by molar-refractivity contribution is -0.177. The first-order valence-electron chi connectivity index (χ1n) is 6.99. The van der Waals surface area contributed by atoms with Crippen LogP contribution in [0.15, 0.2) is 0 Å². The van der Waals surface area contributed by atoms with Crippen molar-refractivity contribution in [2.75, 3.05) is 20.3 Å². The fourth-order valence-corrected chi connectivity index (χ4v) is 2.77. The smallest absolute Gasteiger partial charge is 0.315 e. The lowest BCUT2D eigenvalue weighted by Crippen LogP contribution is -2.69. The van der Waals surface area contributed by atoms with Crippen LogP contribution in [0.1, 0.15) is 40.0 Å². The first kappa shape index (κ1) is 14.6. The zero-order valence-corrected chi connectivity index (χ0v) is 12.4. The number of methoxy groups -OCH3 is 1. The Morgan fingerprint density at radius 1 is 1.37 bits per heavy atom. The summed E-state index contributed by atoms with van der Waals surface area (Å²) in [6, 6.07) is -0.0160. The third-order valence-corrected chi connectivity index (χ3v) is 5.50. The molecule has 2 aliphatic carbocycles. The van der Waals surface area contributed by atoms with E-state index in [0.29, 0.717) is 6.54 Å². The molecule has 2 amide bonds. The number of hydrogen-bond donors (Lipinski definition) is 3. The molecule has 3 N–H and O–H groups in total. The minimum Gasteiger partial charge on any atom is -0.396 e. The van der Waals surface area contributed by atoms with Crippen molar-refractivity contribution in [2.45, 2.75) is 51.7 Å². The van der Waals surface area contributed by atoms with Crippen LogP contribution in [0.3, 0.4) is 0 Å². The Labute approximate surface area is 115 Å². The van der Waals surface area contributed by atoms with Crippen LogP contribution in [0.5, 0.6) is 0 Å². The lowest BCUT2D eigenvalue weighted by atomic mass is 9.56. The molecule has 110 valence electrons. The molecule has 2 fully saturated rings. The van der Waals surface area contributed by atoms with Gasteiger partial charge in [0.25, 0.3) is 0 Å². The summed E-state index contributed by atoms with van der Waals surface area (Å²) in [5.74, 6) is 0. The van der Waals surface area contributed by atoms with E-state index in [1.165, 1.54) is 0 Å². The Morgan fingerprint density at radius 3 is 2.42 bits per heavy atom. The van der Waals surface area contributed by atoms with Gasteiger partial charge < -0.3 is 20.5 Å². The molecular weight excluding hydrogens is 244 g/mol. The normalized spacial score (nSPS) is 34.3. The number of aliphatic hydroxyl groups is 1. The fraction of sp³-hybridized carbons (Fsp3) is 0.929. The van der Waals surface area contributed by atoms with E-state index >= 15 is 0 Å². The predicted molar refractivity (Wildman–Crippen MR) is 72.9 cm³/mol. The molecule has 0 aromatic rings. The van der Waals surface area contributed by atoms with Crippen molar-refractivity contribution in [3.8, 4) is 0 Å². The van der Waals surface area contributed by atoms with Crippen molar-refractivity contribution in [3.63, 3.8) is 0 Å².